The Hall–Kier alpha value is -1.82. The highest BCUT2D eigenvalue weighted by molar-refractivity contribution is 7.09. The van der Waals surface area contributed by atoms with Crippen LogP contribution in [0.2, 0.25) is 0 Å². The second kappa shape index (κ2) is 5.66. The molecule has 1 aromatic heterocycles. The van der Waals surface area contributed by atoms with Crippen molar-refractivity contribution in [2.45, 2.75) is 12.7 Å². The molecule has 0 saturated carbocycles. The minimum absolute atomic E-state index is 0.228. The molecule has 0 atom stereocenters. The van der Waals surface area contributed by atoms with Crippen LogP contribution in [0.1, 0.15) is 20.8 Å². The highest BCUT2D eigenvalue weighted by atomic mass is 32.1. The number of thiophene rings is 1. The predicted octanol–water partition coefficient (Wildman–Crippen LogP) is 4.22. The molecule has 2 rings (SSSR count). The molecule has 1 heterocycles. The maximum Gasteiger partial charge on any atom is 0.417 e. The lowest BCUT2D eigenvalue weighted by atomic mass is 10.1. The number of alkyl halides is 3. The highest BCUT2D eigenvalue weighted by Gasteiger charge is 2.33. The first kappa shape index (κ1) is 14.6. The summed E-state index contributed by atoms with van der Waals surface area (Å²) < 4.78 is 38.6. The molecule has 0 unspecified atom stereocenters. The van der Waals surface area contributed by atoms with Crippen LogP contribution in [-0.4, -0.2) is 13.3 Å². The Labute approximate surface area is 118 Å². The summed E-state index contributed by atoms with van der Waals surface area (Å²) in [5, 5.41) is 1.92. The van der Waals surface area contributed by atoms with E-state index in [4.69, 9.17) is 0 Å². The third-order valence-corrected chi connectivity index (χ3v) is 3.74. The van der Waals surface area contributed by atoms with E-state index in [1.54, 1.807) is 23.3 Å². The summed E-state index contributed by atoms with van der Waals surface area (Å²) in [6, 6.07) is 7.55. The van der Waals surface area contributed by atoms with Gasteiger partial charge in [0.05, 0.1) is 12.1 Å². The third kappa shape index (κ3) is 3.19. The highest BCUT2D eigenvalue weighted by Crippen LogP contribution is 2.34. The molecule has 2 nitrogen and oxygen atoms in total. The molecule has 0 radical (unpaired) electrons. The molecule has 0 amide bonds. The first-order valence-corrected chi connectivity index (χ1v) is 6.69. The molecule has 0 aliphatic rings. The standard InChI is InChI=1S/C14H12F3NOS/c1-18(8-12-3-2-6-20-12)11-5-4-10(9-19)13(7-11)14(15,16)17/h2-7,9H,8H2,1H3. The number of carbonyl (C=O) groups is 1. The summed E-state index contributed by atoms with van der Waals surface area (Å²) in [6.45, 7) is 0.523. The Kier molecular flexibility index (Phi) is 4.13. The zero-order valence-electron chi connectivity index (χ0n) is 10.6. The van der Waals surface area contributed by atoms with Crippen LogP contribution >= 0.6 is 11.3 Å². The van der Waals surface area contributed by atoms with Gasteiger partial charge in [-0.15, -0.1) is 11.3 Å². The molecule has 20 heavy (non-hydrogen) atoms. The molecule has 0 fully saturated rings. The van der Waals surface area contributed by atoms with Crippen molar-refractivity contribution in [2.75, 3.05) is 11.9 Å². The average molecular weight is 299 g/mol. The summed E-state index contributed by atoms with van der Waals surface area (Å²) in [4.78, 5) is 13.5. The van der Waals surface area contributed by atoms with E-state index in [-0.39, 0.29) is 11.8 Å². The topological polar surface area (TPSA) is 20.3 Å². The first-order chi connectivity index (χ1) is 9.41. The molecule has 0 bridgehead atoms. The molecule has 0 aliphatic heterocycles. The fourth-order valence-electron chi connectivity index (χ4n) is 1.86. The number of aldehydes is 1. The second-order valence-corrected chi connectivity index (χ2v) is 5.35. The summed E-state index contributed by atoms with van der Waals surface area (Å²) in [5.41, 5.74) is -0.815. The molecule has 1 aromatic carbocycles. The van der Waals surface area contributed by atoms with Crippen LogP contribution in [0.25, 0.3) is 0 Å². The molecule has 106 valence electrons. The van der Waals surface area contributed by atoms with E-state index in [9.17, 15) is 18.0 Å². The van der Waals surface area contributed by atoms with Crippen molar-refractivity contribution in [1.82, 2.24) is 0 Å². The Morgan fingerprint density at radius 2 is 2.05 bits per heavy atom. The van der Waals surface area contributed by atoms with Gasteiger partial charge < -0.3 is 4.90 Å². The number of hydrogen-bond acceptors (Lipinski definition) is 3. The van der Waals surface area contributed by atoms with Crippen molar-refractivity contribution in [3.8, 4) is 0 Å². The summed E-state index contributed by atoms with van der Waals surface area (Å²) in [7, 11) is 1.72. The Morgan fingerprint density at radius 3 is 2.60 bits per heavy atom. The van der Waals surface area contributed by atoms with E-state index in [0.717, 1.165) is 10.9 Å². The smallest absolute Gasteiger partial charge is 0.369 e. The van der Waals surface area contributed by atoms with Crippen LogP contribution in [0.5, 0.6) is 0 Å². The summed E-state index contributed by atoms with van der Waals surface area (Å²) in [5.74, 6) is 0. The van der Waals surface area contributed by atoms with E-state index in [2.05, 4.69) is 0 Å². The van der Waals surface area contributed by atoms with Gasteiger partial charge in [0.2, 0.25) is 0 Å². The van der Waals surface area contributed by atoms with Crippen LogP contribution in [0.3, 0.4) is 0 Å². The third-order valence-electron chi connectivity index (χ3n) is 2.88. The van der Waals surface area contributed by atoms with Gasteiger partial charge in [0, 0.05) is 23.2 Å². The monoisotopic (exact) mass is 299 g/mol. The zero-order valence-corrected chi connectivity index (χ0v) is 11.5. The number of benzene rings is 1. The molecule has 6 heteroatoms. The van der Waals surface area contributed by atoms with Gasteiger partial charge >= 0.3 is 6.18 Å². The van der Waals surface area contributed by atoms with Crippen molar-refractivity contribution in [3.63, 3.8) is 0 Å². The molecule has 0 spiro atoms. The lowest BCUT2D eigenvalue weighted by Gasteiger charge is -2.20. The largest absolute Gasteiger partial charge is 0.417 e. The minimum atomic E-state index is -4.53. The van der Waals surface area contributed by atoms with Gasteiger partial charge in [-0.3, -0.25) is 4.79 Å². The predicted molar refractivity (Wildman–Crippen MR) is 73.3 cm³/mol. The quantitative estimate of drug-likeness (QED) is 0.788. The number of carbonyl (C=O) groups excluding carboxylic acids is 1. The van der Waals surface area contributed by atoms with Gasteiger partial charge in [0.15, 0.2) is 6.29 Å². The molecular formula is C14H12F3NOS. The SMILES string of the molecule is CN(Cc1cccs1)c1ccc(C=O)c(C(F)(F)F)c1. The van der Waals surface area contributed by atoms with Gasteiger partial charge in [0.25, 0.3) is 0 Å². The number of anilines is 1. The van der Waals surface area contributed by atoms with Crippen LogP contribution < -0.4 is 4.90 Å². The molecular weight excluding hydrogens is 287 g/mol. The fourth-order valence-corrected chi connectivity index (χ4v) is 2.61. The van der Waals surface area contributed by atoms with E-state index in [1.807, 2.05) is 17.5 Å². The maximum atomic E-state index is 12.9. The molecule has 2 aromatic rings. The lowest BCUT2D eigenvalue weighted by molar-refractivity contribution is -0.137. The van der Waals surface area contributed by atoms with Gasteiger partial charge in [-0.05, 0) is 29.6 Å². The Morgan fingerprint density at radius 1 is 1.30 bits per heavy atom. The van der Waals surface area contributed by atoms with Crippen LogP contribution in [0, 0.1) is 0 Å². The van der Waals surface area contributed by atoms with E-state index in [1.165, 1.54) is 12.1 Å². The fraction of sp³-hybridized carbons (Fsp3) is 0.214. The van der Waals surface area contributed by atoms with Crippen molar-refractivity contribution >= 4 is 23.3 Å². The van der Waals surface area contributed by atoms with E-state index < -0.39 is 11.7 Å². The molecule has 0 saturated heterocycles. The summed E-state index contributed by atoms with van der Waals surface area (Å²) in [6.07, 6.45) is -4.30. The van der Waals surface area contributed by atoms with Crippen molar-refractivity contribution < 1.29 is 18.0 Å². The number of hydrogen-bond donors (Lipinski definition) is 0. The average Bonchev–Trinajstić information content (AvgIpc) is 2.89. The van der Waals surface area contributed by atoms with Gasteiger partial charge in [-0.1, -0.05) is 6.07 Å². The molecule has 0 N–H and O–H groups in total. The normalized spacial score (nSPS) is 11.4. The van der Waals surface area contributed by atoms with E-state index in [0.29, 0.717) is 12.2 Å². The summed E-state index contributed by atoms with van der Waals surface area (Å²) >= 11 is 1.54. The second-order valence-electron chi connectivity index (χ2n) is 4.32. The van der Waals surface area contributed by atoms with Crippen LogP contribution in [0.4, 0.5) is 18.9 Å². The van der Waals surface area contributed by atoms with Gasteiger partial charge in [-0.25, -0.2) is 0 Å². The maximum absolute atomic E-state index is 12.9. The number of halogens is 3. The van der Waals surface area contributed by atoms with Crippen LogP contribution in [0.15, 0.2) is 35.7 Å². The van der Waals surface area contributed by atoms with Crippen molar-refractivity contribution in [3.05, 3.63) is 51.7 Å². The number of nitrogens with zero attached hydrogens (tertiary/aromatic N) is 1. The van der Waals surface area contributed by atoms with Crippen molar-refractivity contribution in [2.24, 2.45) is 0 Å². The molecule has 0 aliphatic carbocycles. The first-order valence-electron chi connectivity index (χ1n) is 5.82. The van der Waals surface area contributed by atoms with E-state index >= 15 is 0 Å². The van der Waals surface area contributed by atoms with Gasteiger partial charge in [0.1, 0.15) is 0 Å². The van der Waals surface area contributed by atoms with Crippen molar-refractivity contribution in [1.29, 1.82) is 0 Å². The van der Waals surface area contributed by atoms with Gasteiger partial charge in [-0.2, -0.15) is 13.2 Å². The van der Waals surface area contributed by atoms with Crippen LogP contribution in [-0.2, 0) is 12.7 Å². The Balaban J connectivity index is 2.31. The zero-order chi connectivity index (χ0) is 14.8. The Bertz CT molecular complexity index is 593. The minimum Gasteiger partial charge on any atom is -0.369 e. The number of rotatable bonds is 4. The lowest BCUT2D eigenvalue weighted by Crippen LogP contribution is -2.17.